The first-order chi connectivity index (χ1) is 13.2. The quantitative estimate of drug-likeness (QED) is 0.557. The van der Waals surface area contributed by atoms with E-state index in [1.165, 1.54) is 15.3 Å². The van der Waals surface area contributed by atoms with Gasteiger partial charge in [0, 0.05) is 18.7 Å². The van der Waals surface area contributed by atoms with Crippen LogP contribution in [-0.2, 0) is 4.79 Å². The number of nitrogens with zero attached hydrogens (tertiary/aromatic N) is 4. The van der Waals surface area contributed by atoms with Crippen LogP contribution >= 0.6 is 9.24 Å². The lowest BCUT2D eigenvalue weighted by Gasteiger charge is -2.30. The van der Waals surface area contributed by atoms with Crippen LogP contribution in [0.3, 0.4) is 0 Å². The number of halogens is 3. The van der Waals surface area contributed by atoms with Gasteiger partial charge in [-0.05, 0) is 12.1 Å². The molecule has 1 aliphatic heterocycles. The number of nitrogens with one attached hydrogen (secondary N) is 2. The molecular weight excluding hydrogens is 396 g/mol. The molecule has 0 radical (unpaired) electrons. The summed E-state index contributed by atoms with van der Waals surface area (Å²) in [6, 6.07) is 7.29. The van der Waals surface area contributed by atoms with Crippen molar-refractivity contribution in [1.29, 1.82) is 0 Å². The molecule has 0 aliphatic carbocycles. The van der Waals surface area contributed by atoms with Crippen LogP contribution in [0.4, 0.5) is 19.0 Å². The van der Waals surface area contributed by atoms with Crippen molar-refractivity contribution < 1.29 is 22.7 Å². The van der Waals surface area contributed by atoms with E-state index in [-0.39, 0.29) is 30.0 Å². The highest BCUT2D eigenvalue weighted by molar-refractivity contribution is 7.18. The van der Waals surface area contributed by atoms with Crippen LogP contribution < -0.4 is 15.5 Å². The number of rotatable bonds is 6. The summed E-state index contributed by atoms with van der Waals surface area (Å²) < 4.78 is 45.4. The number of hydrogen-bond donors (Lipinski definition) is 2. The second-order valence-electron chi connectivity index (χ2n) is 5.76. The third-order valence-corrected chi connectivity index (χ3v) is 3.71. The monoisotopic (exact) mass is 412 g/mol. The molecule has 0 saturated carbocycles. The molecule has 2 aromatic rings. The third kappa shape index (κ3) is 5.07. The first kappa shape index (κ1) is 19.8. The number of hydrogen-bond acceptors (Lipinski definition) is 7. The van der Waals surface area contributed by atoms with Gasteiger partial charge in [0.05, 0.1) is 0 Å². The normalized spacial score (nSPS) is 14.4. The van der Waals surface area contributed by atoms with Crippen LogP contribution in [0.1, 0.15) is 5.56 Å². The van der Waals surface area contributed by atoms with E-state index in [0.29, 0.717) is 5.56 Å². The number of hydrazine groups is 1. The number of carbonyl (C=O) groups excluding carboxylic acids is 1. The Labute approximate surface area is 160 Å². The van der Waals surface area contributed by atoms with Crippen molar-refractivity contribution in [3.63, 3.8) is 0 Å². The topological polar surface area (TPSA) is 91.7 Å². The van der Waals surface area contributed by atoms with E-state index < -0.39 is 24.1 Å². The number of alkyl halides is 2. The van der Waals surface area contributed by atoms with Crippen LogP contribution in [-0.4, -0.2) is 52.5 Å². The number of amidine groups is 1. The van der Waals surface area contributed by atoms with Crippen molar-refractivity contribution in [2.24, 2.45) is 4.99 Å². The molecule has 0 spiro atoms. The summed E-state index contributed by atoms with van der Waals surface area (Å²) in [6.45, 7) is -1.09. The highest BCUT2D eigenvalue weighted by Gasteiger charge is 2.31. The zero-order valence-electron chi connectivity index (χ0n) is 14.6. The Bertz CT molecular complexity index is 921. The number of ether oxygens (including phenoxy) is 1. The molecular formula is C16H16F3N6O2P. The van der Waals surface area contributed by atoms with Gasteiger partial charge in [0.25, 0.3) is 11.6 Å². The van der Waals surface area contributed by atoms with Gasteiger partial charge in [-0.2, -0.15) is 14.4 Å². The number of carbonyl (C=O) groups is 1. The molecule has 1 atom stereocenters. The predicted octanol–water partition coefficient (Wildman–Crippen LogP) is 2.01. The Hall–Kier alpha value is -2.94. The fourth-order valence-corrected chi connectivity index (χ4v) is 2.52. The van der Waals surface area contributed by atoms with Gasteiger partial charge in [0.2, 0.25) is 5.95 Å². The van der Waals surface area contributed by atoms with Crippen molar-refractivity contribution in [1.82, 2.24) is 20.4 Å². The fourth-order valence-electron chi connectivity index (χ4n) is 2.33. The third-order valence-electron chi connectivity index (χ3n) is 3.53. The first-order valence-electron chi connectivity index (χ1n) is 8.02. The van der Waals surface area contributed by atoms with Crippen LogP contribution in [0.2, 0.25) is 0 Å². The second-order valence-corrected chi connectivity index (χ2v) is 6.60. The lowest BCUT2D eigenvalue weighted by molar-refractivity contribution is -0.135. The summed E-state index contributed by atoms with van der Waals surface area (Å²) in [5, 5.41) is 3.49. The minimum absolute atomic E-state index is 0.209. The lowest BCUT2D eigenvalue weighted by Crippen LogP contribution is -2.54. The Balaban J connectivity index is 1.80. The SMILES string of the molecule is CNc1cc(F)nc(Oc2cccc(C3=NCC(=O)N(CC(F)(F)P)N3)c2)n1. The molecule has 2 N–H and O–H groups in total. The van der Waals surface area contributed by atoms with Crippen molar-refractivity contribution in [3.05, 3.63) is 41.8 Å². The van der Waals surface area contributed by atoms with Gasteiger partial charge >= 0.3 is 6.01 Å². The molecule has 0 fully saturated rings. The maximum Gasteiger partial charge on any atom is 0.326 e. The average molecular weight is 412 g/mol. The molecule has 1 amide bonds. The maximum absolute atomic E-state index is 13.5. The molecule has 8 nitrogen and oxygen atoms in total. The summed E-state index contributed by atoms with van der Waals surface area (Å²) in [5.41, 5.74) is -0.0859. The smallest absolute Gasteiger partial charge is 0.326 e. The van der Waals surface area contributed by atoms with Gasteiger partial charge in [0.15, 0.2) is 0 Å². The number of anilines is 1. The minimum atomic E-state index is -3.14. The number of aliphatic imine (C=N–C) groups is 1. The van der Waals surface area contributed by atoms with Gasteiger partial charge in [-0.15, -0.1) is 0 Å². The molecule has 0 bridgehead atoms. The fraction of sp³-hybridized carbons (Fsp3) is 0.250. The summed E-state index contributed by atoms with van der Waals surface area (Å²) in [4.78, 5) is 23.4. The van der Waals surface area contributed by atoms with E-state index in [9.17, 15) is 18.0 Å². The molecule has 1 aromatic heterocycles. The van der Waals surface area contributed by atoms with E-state index in [0.717, 1.165) is 11.1 Å². The van der Waals surface area contributed by atoms with Crippen LogP contribution in [0.25, 0.3) is 0 Å². The highest BCUT2D eigenvalue weighted by Crippen LogP contribution is 2.24. The number of aromatic nitrogens is 2. The van der Waals surface area contributed by atoms with Gasteiger partial charge in [0.1, 0.15) is 30.5 Å². The summed E-state index contributed by atoms with van der Waals surface area (Å²) in [7, 11) is 2.96. The van der Waals surface area contributed by atoms with Gasteiger partial charge < -0.3 is 10.1 Å². The lowest BCUT2D eigenvalue weighted by atomic mass is 10.2. The number of benzene rings is 1. The average Bonchev–Trinajstić information content (AvgIpc) is 2.62. The molecule has 2 heterocycles. The molecule has 12 heteroatoms. The molecule has 1 aliphatic rings. The first-order valence-corrected chi connectivity index (χ1v) is 8.60. The molecule has 3 rings (SSSR count). The van der Waals surface area contributed by atoms with E-state index in [1.54, 1.807) is 25.2 Å². The zero-order valence-corrected chi connectivity index (χ0v) is 15.8. The largest absolute Gasteiger partial charge is 0.424 e. The standard InChI is InChI=1S/C16H16F3N6O2P/c1-20-12-6-11(17)22-15(23-12)27-10-4-2-3-9(5-10)14-21-7-13(26)25(24-14)8-16(18,19)28/h2-6H,7-8,28H2,1H3,(H,21,24)(H,20,22,23). The predicted molar refractivity (Wildman–Crippen MR) is 99.0 cm³/mol. The van der Waals surface area contributed by atoms with Crippen molar-refractivity contribution >= 4 is 26.8 Å². The molecule has 1 unspecified atom stereocenters. The van der Waals surface area contributed by atoms with Gasteiger partial charge in [-0.25, -0.2) is 13.8 Å². The Kier molecular flexibility index (Phi) is 5.64. The summed E-state index contributed by atoms with van der Waals surface area (Å²) in [6.07, 6.45) is 0. The van der Waals surface area contributed by atoms with E-state index in [1.807, 2.05) is 0 Å². The molecule has 28 heavy (non-hydrogen) atoms. The van der Waals surface area contributed by atoms with Crippen LogP contribution in [0.5, 0.6) is 11.8 Å². The van der Waals surface area contributed by atoms with Crippen molar-refractivity contribution in [3.8, 4) is 11.8 Å². The Morgan fingerprint density at radius 3 is 2.86 bits per heavy atom. The van der Waals surface area contributed by atoms with E-state index in [2.05, 4.69) is 25.7 Å². The molecule has 0 saturated heterocycles. The minimum Gasteiger partial charge on any atom is -0.424 e. The zero-order chi connectivity index (χ0) is 20.3. The van der Waals surface area contributed by atoms with Crippen LogP contribution in [0.15, 0.2) is 35.3 Å². The Morgan fingerprint density at radius 2 is 2.14 bits per heavy atom. The van der Waals surface area contributed by atoms with E-state index in [4.69, 9.17) is 4.74 Å². The maximum atomic E-state index is 13.5. The highest BCUT2D eigenvalue weighted by atomic mass is 31.0. The van der Waals surface area contributed by atoms with Crippen molar-refractivity contribution in [2.45, 2.75) is 5.66 Å². The van der Waals surface area contributed by atoms with Gasteiger partial charge in [-0.3, -0.25) is 15.2 Å². The van der Waals surface area contributed by atoms with E-state index >= 15 is 0 Å². The molecule has 148 valence electrons. The molecule has 1 aromatic carbocycles. The summed E-state index contributed by atoms with van der Waals surface area (Å²) >= 11 is 0. The van der Waals surface area contributed by atoms with Gasteiger partial charge in [-0.1, -0.05) is 21.4 Å². The van der Waals surface area contributed by atoms with Crippen molar-refractivity contribution in [2.75, 3.05) is 25.5 Å². The van der Waals surface area contributed by atoms with Crippen LogP contribution in [0, 0.1) is 5.95 Å². The second kappa shape index (κ2) is 7.97. The number of amides is 1. The Morgan fingerprint density at radius 1 is 1.36 bits per heavy atom. The summed E-state index contributed by atoms with van der Waals surface area (Å²) in [5.74, 6) is -0.614.